The van der Waals surface area contributed by atoms with Crippen molar-refractivity contribution in [1.29, 1.82) is 0 Å². The quantitative estimate of drug-likeness (QED) is 0.436. The van der Waals surface area contributed by atoms with Crippen molar-refractivity contribution < 1.29 is 32.2 Å². The van der Waals surface area contributed by atoms with E-state index in [0.29, 0.717) is 0 Å². The van der Waals surface area contributed by atoms with E-state index in [1.165, 1.54) is 0 Å². The predicted molar refractivity (Wildman–Crippen MR) is 20.7 cm³/mol. The molecule has 0 saturated heterocycles. The first-order valence-electron chi connectivity index (χ1n) is 1.75. The molecule has 0 bridgehead atoms. The van der Waals surface area contributed by atoms with Crippen LogP contribution in [0.3, 0.4) is 0 Å². The third-order valence-electron chi connectivity index (χ3n) is 0.536. The van der Waals surface area contributed by atoms with Gasteiger partial charge in [0.15, 0.2) is 0 Å². The van der Waals surface area contributed by atoms with Crippen molar-refractivity contribution >= 4 is 6.04 Å². The molecule has 0 aromatic heterocycles. The molecule has 0 aliphatic heterocycles. The summed E-state index contributed by atoms with van der Waals surface area (Å²) in [6.45, 7) is 0. The van der Waals surface area contributed by atoms with E-state index in [-0.39, 0.29) is 5.48 Å². The molecule has 0 amide bonds. The summed E-state index contributed by atoms with van der Waals surface area (Å²) in [6.07, 6.45) is -4.27. The second-order valence-corrected chi connectivity index (χ2v) is 1.20. The monoisotopic (exact) mass is 166 g/mol. The summed E-state index contributed by atoms with van der Waals surface area (Å²) in [6, 6.07) is -3.31. The standard InChI is InChI=1S/C3HF5O.H2O/c4-1(5)3(7,8)2(6)9;/h1H;1H2. The van der Waals surface area contributed by atoms with Crippen LogP contribution in [0.1, 0.15) is 0 Å². The van der Waals surface area contributed by atoms with Crippen LogP contribution in [0.15, 0.2) is 0 Å². The Morgan fingerprint density at radius 3 is 1.60 bits per heavy atom. The molecule has 0 aliphatic carbocycles. The minimum absolute atomic E-state index is 0. The smallest absolute Gasteiger partial charge is 0.395 e. The highest BCUT2D eigenvalue weighted by Gasteiger charge is 2.49. The van der Waals surface area contributed by atoms with Crippen LogP contribution in [0.25, 0.3) is 0 Å². The fourth-order valence-corrected chi connectivity index (χ4v) is 0.0858. The molecule has 10 heavy (non-hydrogen) atoms. The van der Waals surface area contributed by atoms with Crippen molar-refractivity contribution in [3.8, 4) is 0 Å². The van der Waals surface area contributed by atoms with Gasteiger partial charge < -0.3 is 5.48 Å². The molecule has 0 aromatic carbocycles. The van der Waals surface area contributed by atoms with Gasteiger partial charge in [0.05, 0.1) is 0 Å². The van der Waals surface area contributed by atoms with E-state index >= 15 is 0 Å². The van der Waals surface area contributed by atoms with Crippen LogP contribution >= 0.6 is 0 Å². The number of carbonyl (C=O) groups excluding carboxylic acids is 1. The van der Waals surface area contributed by atoms with Gasteiger partial charge in [0, 0.05) is 0 Å². The van der Waals surface area contributed by atoms with Gasteiger partial charge in [-0.2, -0.15) is 13.2 Å². The van der Waals surface area contributed by atoms with Crippen LogP contribution in [-0.2, 0) is 4.79 Å². The van der Waals surface area contributed by atoms with Crippen molar-refractivity contribution in [2.24, 2.45) is 0 Å². The molecule has 0 radical (unpaired) electrons. The fourth-order valence-electron chi connectivity index (χ4n) is 0.0858. The van der Waals surface area contributed by atoms with Crippen LogP contribution in [0.2, 0.25) is 0 Å². The molecule has 2 nitrogen and oxygen atoms in total. The Balaban J connectivity index is 0. The lowest BCUT2D eigenvalue weighted by Crippen LogP contribution is -2.33. The average molecular weight is 166 g/mol. The van der Waals surface area contributed by atoms with E-state index in [2.05, 4.69) is 0 Å². The maximum atomic E-state index is 11.2. The van der Waals surface area contributed by atoms with Gasteiger partial charge in [0.1, 0.15) is 0 Å². The maximum Gasteiger partial charge on any atom is 0.395 e. The lowest BCUT2D eigenvalue weighted by atomic mass is 10.4. The highest BCUT2D eigenvalue weighted by molar-refractivity contribution is 5.76. The van der Waals surface area contributed by atoms with E-state index in [4.69, 9.17) is 4.79 Å². The maximum absolute atomic E-state index is 11.2. The molecule has 0 unspecified atom stereocenters. The normalized spacial score (nSPS) is 11.0. The SMILES string of the molecule is O.O=C(F)C(F)(F)C(F)F. The molecule has 0 aromatic rings. The second kappa shape index (κ2) is 3.45. The van der Waals surface area contributed by atoms with Crippen LogP contribution in [0.5, 0.6) is 0 Å². The summed E-state index contributed by atoms with van der Waals surface area (Å²) in [5, 5.41) is 0. The summed E-state index contributed by atoms with van der Waals surface area (Å²) in [4.78, 5) is 9.01. The molecule has 2 N–H and O–H groups in total. The number of carbonyl (C=O) groups is 1. The average Bonchev–Trinajstić information content (AvgIpc) is 1.65. The first kappa shape index (κ1) is 12.0. The topological polar surface area (TPSA) is 48.6 Å². The molecular formula is C3H3F5O2. The number of hydrogen-bond donors (Lipinski definition) is 0. The van der Waals surface area contributed by atoms with Crippen molar-refractivity contribution in [2.75, 3.05) is 0 Å². The Hall–Kier alpha value is -0.720. The molecule has 0 rings (SSSR count). The highest BCUT2D eigenvalue weighted by atomic mass is 19.3. The predicted octanol–water partition coefficient (Wildman–Crippen LogP) is 0.558. The van der Waals surface area contributed by atoms with Crippen LogP contribution in [-0.4, -0.2) is 23.9 Å². The number of hydrogen-bond acceptors (Lipinski definition) is 1. The van der Waals surface area contributed by atoms with E-state index in [9.17, 15) is 22.0 Å². The van der Waals surface area contributed by atoms with Crippen molar-refractivity contribution in [1.82, 2.24) is 0 Å². The largest absolute Gasteiger partial charge is 0.412 e. The molecule has 0 heterocycles. The zero-order chi connectivity index (χ0) is 7.65. The molecule has 0 saturated carbocycles. The minimum atomic E-state index is -5.14. The van der Waals surface area contributed by atoms with E-state index in [0.717, 1.165) is 0 Å². The lowest BCUT2D eigenvalue weighted by Gasteiger charge is -2.06. The molecule has 0 aliphatic rings. The zero-order valence-electron chi connectivity index (χ0n) is 4.38. The Morgan fingerprint density at radius 1 is 1.30 bits per heavy atom. The van der Waals surface area contributed by atoms with Crippen LogP contribution in [0.4, 0.5) is 22.0 Å². The van der Waals surface area contributed by atoms with Gasteiger partial charge in [-0.15, -0.1) is 0 Å². The highest BCUT2D eigenvalue weighted by Crippen LogP contribution is 2.23. The van der Waals surface area contributed by atoms with E-state index < -0.39 is 18.4 Å². The van der Waals surface area contributed by atoms with Gasteiger partial charge in [0.25, 0.3) is 0 Å². The third kappa shape index (κ3) is 2.26. The summed E-state index contributed by atoms with van der Waals surface area (Å²) >= 11 is 0. The van der Waals surface area contributed by atoms with Crippen molar-refractivity contribution in [3.63, 3.8) is 0 Å². The number of halogens is 5. The molecule has 0 spiro atoms. The molecular weight excluding hydrogens is 163 g/mol. The minimum Gasteiger partial charge on any atom is -0.412 e. The summed E-state index contributed by atoms with van der Waals surface area (Å²) in [5.74, 6) is -5.14. The molecule has 62 valence electrons. The van der Waals surface area contributed by atoms with E-state index in [1.807, 2.05) is 0 Å². The Morgan fingerprint density at radius 2 is 1.60 bits per heavy atom. The zero-order valence-corrected chi connectivity index (χ0v) is 4.38. The Labute approximate surface area is 51.9 Å². The molecule has 0 atom stereocenters. The number of rotatable bonds is 2. The van der Waals surface area contributed by atoms with Crippen LogP contribution in [0, 0.1) is 0 Å². The molecule has 0 fully saturated rings. The van der Waals surface area contributed by atoms with Gasteiger partial charge in [-0.1, -0.05) is 0 Å². The van der Waals surface area contributed by atoms with Gasteiger partial charge in [-0.3, -0.25) is 4.79 Å². The van der Waals surface area contributed by atoms with Gasteiger partial charge in [-0.05, 0) is 0 Å². The first-order chi connectivity index (χ1) is 3.89. The van der Waals surface area contributed by atoms with Gasteiger partial charge >= 0.3 is 18.4 Å². The molecule has 7 heteroatoms. The van der Waals surface area contributed by atoms with Crippen molar-refractivity contribution in [2.45, 2.75) is 12.3 Å². The summed E-state index contributed by atoms with van der Waals surface area (Å²) < 4.78 is 55.0. The Kier molecular flexibility index (Phi) is 4.14. The summed E-state index contributed by atoms with van der Waals surface area (Å²) in [7, 11) is 0. The third-order valence-corrected chi connectivity index (χ3v) is 0.536. The van der Waals surface area contributed by atoms with Crippen LogP contribution < -0.4 is 0 Å². The first-order valence-corrected chi connectivity index (χ1v) is 1.75. The van der Waals surface area contributed by atoms with Gasteiger partial charge in [-0.25, -0.2) is 8.78 Å². The summed E-state index contributed by atoms with van der Waals surface area (Å²) in [5.41, 5.74) is 0. The fraction of sp³-hybridized carbons (Fsp3) is 0.667. The lowest BCUT2D eigenvalue weighted by molar-refractivity contribution is -0.178. The van der Waals surface area contributed by atoms with E-state index in [1.54, 1.807) is 0 Å². The second-order valence-electron chi connectivity index (χ2n) is 1.20. The number of alkyl halides is 4. The Bertz CT molecular complexity index is 122. The van der Waals surface area contributed by atoms with Crippen molar-refractivity contribution in [3.05, 3.63) is 0 Å². The van der Waals surface area contributed by atoms with Gasteiger partial charge in [0.2, 0.25) is 0 Å².